The minimum atomic E-state index is -0.710. The van der Waals surface area contributed by atoms with Crippen LogP contribution < -0.4 is 0 Å². The van der Waals surface area contributed by atoms with Gasteiger partial charge in [-0.1, -0.05) is 0 Å². The summed E-state index contributed by atoms with van der Waals surface area (Å²) in [7, 11) is 0. The van der Waals surface area contributed by atoms with E-state index in [0.29, 0.717) is 5.65 Å². The number of hydrogen-bond acceptors (Lipinski definition) is 3. The molecule has 4 rings (SSSR count). The van der Waals surface area contributed by atoms with Crippen LogP contribution in [0, 0.1) is 11.6 Å². The quantitative estimate of drug-likeness (QED) is 0.473. The first kappa shape index (κ1) is 16.6. The minimum Gasteiger partial charge on any atom is -0.264 e. The van der Waals surface area contributed by atoms with Crippen molar-refractivity contribution in [3.8, 4) is 16.8 Å². The molecule has 0 aliphatic rings. The molecule has 0 N–H and O–H groups in total. The third kappa shape index (κ3) is 2.72. The van der Waals surface area contributed by atoms with Crippen molar-refractivity contribution in [3.63, 3.8) is 0 Å². The first-order chi connectivity index (χ1) is 12.6. The van der Waals surface area contributed by atoms with E-state index < -0.39 is 11.6 Å². The van der Waals surface area contributed by atoms with Gasteiger partial charge in [0.1, 0.15) is 11.5 Å². The molecule has 0 spiro atoms. The van der Waals surface area contributed by atoms with E-state index >= 15 is 0 Å². The van der Waals surface area contributed by atoms with Gasteiger partial charge in [-0.15, -0.1) is 11.6 Å². The van der Waals surface area contributed by atoms with Gasteiger partial charge in [0.2, 0.25) is 0 Å². The Bertz CT molecular complexity index is 1110. The summed E-state index contributed by atoms with van der Waals surface area (Å²) in [5, 5.41) is 4.77. The fraction of sp³-hybridized carbons (Fsp3) is 0.105. The maximum atomic E-state index is 14.2. The summed E-state index contributed by atoms with van der Waals surface area (Å²) in [6.07, 6.45) is 6.65. The van der Waals surface area contributed by atoms with Gasteiger partial charge in [-0.2, -0.15) is 5.10 Å². The zero-order chi connectivity index (χ0) is 18.3. The zero-order valence-electron chi connectivity index (χ0n) is 13.7. The summed E-state index contributed by atoms with van der Waals surface area (Å²) in [6, 6.07) is 7.05. The van der Waals surface area contributed by atoms with Crippen LogP contribution in [0.2, 0.25) is 0 Å². The molecule has 0 fully saturated rings. The average Bonchev–Trinajstić information content (AvgIpc) is 3.05. The summed E-state index contributed by atoms with van der Waals surface area (Å²) in [4.78, 5) is 8.52. The van der Waals surface area contributed by atoms with E-state index in [9.17, 15) is 8.78 Å². The molecule has 1 atom stereocenters. The number of benzene rings is 1. The molecule has 1 aromatic carbocycles. The van der Waals surface area contributed by atoms with Gasteiger partial charge in [0.15, 0.2) is 11.5 Å². The molecular weight excluding hydrogens is 358 g/mol. The van der Waals surface area contributed by atoms with Crippen LogP contribution in [0.5, 0.6) is 0 Å². The van der Waals surface area contributed by atoms with Crippen LogP contribution in [0.25, 0.3) is 27.8 Å². The predicted molar refractivity (Wildman–Crippen MR) is 96.3 cm³/mol. The van der Waals surface area contributed by atoms with Crippen molar-refractivity contribution in [1.29, 1.82) is 0 Å². The van der Waals surface area contributed by atoms with Gasteiger partial charge in [-0.3, -0.25) is 4.98 Å². The minimum absolute atomic E-state index is 0.128. The lowest BCUT2D eigenvalue weighted by Gasteiger charge is -2.11. The fourth-order valence-corrected chi connectivity index (χ4v) is 3.16. The molecule has 0 saturated carbocycles. The molecule has 4 nitrogen and oxygen atoms in total. The van der Waals surface area contributed by atoms with Crippen molar-refractivity contribution >= 4 is 22.6 Å². The van der Waals surface area contributed by atoms with Gasteiger partial charge >= 0.3 is 0 Å². The molecule has 0 amide bonds. The van der Waals surface area contributed by atoms with Crippen LogP contribution in [-0.2, 0) is 0 Å². The molecule has 1 unspecified atom stereocenters. The van der Waals surface area contributed by atoms with Crippen LogP contribution in [0.15, 0.2) is 55.1 Å². The molecule has 0 bridgehead atoms. The Hall–Kier alpha value is -2.86. The highest BCUT2D eigenvalue weighted by atomic mass is 35.5. The molecule has 26 heavy (non-hydrogen) atoms. The zero-order valence-corrected chi connectivity index (χ0v) is 14.5. The van der Waals surface area contributed by atoms with E-state index in [1.54, 1.807) is 24.8 Å². The van der Waals surface area contributed by atoms with E-state index in [1.165, 1.54) is 16.8 Å². The Balaban J connectivity index is 1.95. The molecular formula is C19H13ClF2N4. The Labute approximate surface area is 153 Å². The first-order valence-corrected chi connectivity index (χ1v) is 8.36. The number of aromatic nitrogens is 4. The molecule has 0 aliphatic carbocycles. The number of alkyl halides is 1. The van der Waals surface area contributed by atoms with Crippen molar-refractivity contribution in [2.45, 2.75) is 12.3 Å². The van der Waals surface area contributed by atoms with E-state index in [-0.39, 0.29) is 11.1 Å². The van der Waals surface area contributed by atoms with E-state index in [4.69, 9.17) is 11.6 Å². The lowest BCUT2D eigenvalue weighted by atomic mass is 9.99. The van der Waals surface area contributed by atoms with Gasteiger partial charge in [0, 0.05) is 35.6 Å². The monoisotopic (exact) mass is 370 g/mol. The maximum absolute atomic E-state index is 14.2. The normalized spacial score (nSPS) is 12.5. The SMILES string of the molecule is CC(Cl)c1ccncc1-c1ccnc2c1cnn2-c1ccc(F)cc1F. The first-order valence-electron chi connectivity index (χ1n) is 7.93. The summed E-state index contributed by atoms with van der Waals surface area (Å²) < 4.78 is 28.7. The van der Waals surface area contributed by atoms with Crippen LogP contribution in [0.4, 0.5) is 8.78 Å². The van der Waals surface area contributed by atoms with Crippen LogP contribution in [-0.4, -0.2) is 19.7 Å². The van der Waals surface area contributed by atoms with Gasteiger partial charge in [0.25, 0.3) is 0 Å². The number of rotatable bonds is 3. The lowest BCUT2D eigenvalue weighted by Crippen LogP contribution is -2.01. The highest BCUT2D eigenvalue weighted by Crippen LogP contribution is 2.34. The van der Waals surface area contributed by atoms with Gasteiger partial charge in [-0.05, 0) is 42.3 Å². The Morgan fingerprint density at radius 1 is 1.04 bits per heavy atom. The van der Waals surface area contributed by atoms with Gasteiger partial charge in [-0.25, -0.2) is 18.4 Å². The second kappa shape index (κ2) is 6.46. The molecule has 3 heterocycles. The number of halogens is 3. The standard InChI is InChI=1S/C19H13ClF2N4/c1-11(20)13-4-6-23-9-15(13)14-5-7-24-19-16(14)10-25-26(19)18-3-2-12(21)8-17(18)22/h2-11H,1H3. The summed E-state index contributed by atoms with van der Waals surface area (Å²) in [5.74, 6) is -1.36. The summed E-state index contributed by atoms with van der Waals surface area (Å²) in [6.45, 7) is 1.89. The Morgan fingerprint density at radius 2 is 1.88 bits per heavy atom. The average molecular weight is 371 g/mol. The Morgan fingerprint density at radius 3 is 2.65 bits per heavy atom. The van der Waals surface area contributed by atoms with Crippen LogP contribution in [0.3, 0.4) is 0 Å². The second-order valence-corrected chi connectivity index (χ2v) is 6.48. The van der Waals surface area contributed by atoms with Crippen molar-refractivity contribution < 1.29 is 8.78 Å². The molecule has 0 saturated heterocycles. The third-order valence-electron chi connectivity index (χ3n) is 4.18. The molecule has 0 radical (unpaired) electrons. The van der Waals surface area contributed by atoms with Crippen LogP contribution >= 0.6 is 11.6 Å². The fourth-order valence-electron chi connectivity index (χ4n) is 2.97. The molecule has 3 aromatic heterocycles. The predicted octanol–water partition coefficient (Wildman–Crippen LogP) is 5.06. The molecule has 7 heteroatoms. The van der Waals surface area contributed by atoms with Crippen molar-refractivity contribution in [2.75, 3.05) is 0 Å². The van der Waals surface area contributed by atoms with Crippen molar-refractivity contribution in [1.82, 2.24) is 19.7 Å². The Kier molecular flexibility index (Phi) is 4.12. The number of pyridine rings is 2. The van der Waals surface area contributed by atoms with Crippen molar-refractivity contribution in [2.24, 2.45) is 0 Å². The van der Waals surface area contributed by atoms with Crippen LogP contribution in [0.1, 0.15) is 17.9 Å². The number of nitrogens with zero attached hydrogens (tertiary/aromatic N) is 4. The van der Waals surface area contributed by atoms with Crippen molar-refractivity contribution in [3.05, 3.63) is 72.3 Å². The molecule has 4 aromatic rings. The topological polar surface area (TPSA) is 43.6 Å². The second-order valence-electron chi connectivity index (χ2n) is 5.83. The third-order valence-corrected chi connectivity index (χ3v) is 4.42. The van der Waals surface area contributed by atoms with E-state index in [1.807, 2.05) is 19.1 Å². The van der Waals surface area contributed by atoms with Gasteiger partial charge in [0.05, 0.1) is 11.6 Å². The highest BCUT2D eigenvalue weighted by molar-refractivity contribution is 6.21. The molecule has 130 valence electrons. The van der Waals surface area contributed by atoms with E-state index in [2.05, 4.69) is 15.1 Å². The summed E-state index contributed by atoms with van der Waals surface area (Å²) in [5.41, 5.74) is 3.23. The summed E-state index contributed by atoms with van der Waals surface area (Å²) >= 11 is 6.30. The maximum Gasteiger partial charge on any atom is 0.163 e. The number of hydrogen-bond donors (Lipinski definition) is 0. The van der Waals surface area contributed by atoms with E-state index in [0.717, 1.165) is 28.1 Å². The smallest absolute Gasteiger partial charge is 0.163 e. The molecule has 0 aliphatic heterocycles. The number of fused-ring (bicyclic) bond motifs is 1. The highest BCUT2D eigenvalue weighted by Gasteiger charge is 2.17. The lowest BCUT2D eigenvalue weighted by molar-refractivity contribution is 0.574. The van der Waals surface area contributed by atoms with Gasteiger partial charge < -0.3 is 0 Å². The largest absolute Gasteiger partial charge is 0.264 e.